The zero-order valence-electron chi connectivity index (χ0n) is 17.0. The predicted octanol–water partition coefficient (Wildman–Crippen LogP) is -3.35. The Morgan fingerprint density at radius 2 is 1.28 bits per heavy atom. The molecule has 0 saturated carbocycles. The van der Waals surface area contributed by atoms with E-state index in [1.54, 1.807) is 6.92 Å². The van der Waals surface area contributed by atoms with Crippen LogP contribution in [0.25, 0.3) is 0 Å². The monoisotopic (exact) mass is 420 g/mol. The Balaban J connectivity index is 5.31. The van der Waals surface area contributed by atoms with E-state index in [0.717, 1.165) is 0 Å². The van der Waals surface area contributed by atoms with Crippen molar-refractivity contribution in [2.75, 3.05) is 6.61 Å². The summed E-state index contributed by atoms with van der Waals surface area (Å²) < 4.78 is 0. The van der Waals surface area contributed by atoms with E-state index < -0.39 is 66.7 Å². The number of carbonyl (C=O) groups excluding carboxylic acids is 3. The Kier molecular flexibility index (Phi) is 11.3. The van der Waals surface area contributed by atoms with Gasteiger partial charge in [-0.05, 0) is 19.8 Å². The number of aliphatic hydroxyl groups excluding tert-OH is 3. The third kappa shape index (κ3) is 8.31. The van der Waals surface area contributed by atoms with E-state index in [9.17, 15) is 29.4 Å². The number of aliphatic hydroxyl groups is 3. The van der Waals surface area contributed by atoms with Crippen LogP contribution in [0.3, 0.4) is 0 Å². The number of rotatable bonds is 12. The number of hydrogen-bond donors (Lipinski definition) is 8. The maximum atomic E-state index is 12.5. The molecule has 12 nitrogen and oxygen atoms in total. The molecule has 0 rings (SSSR count). The zero-order chi connectivity index (χ0) is 22.9. The third-order valence-corrected chi connectivity index (χ3v) is 4.48. The van der Waals surface area contributed by atoms with E-state index in [4.69, 9.17) is 15.9 Å². The lowest BCUT2D eigenvalue weighted by Gasteiger charge is -2.28. The molecule has 12 heteroatoms. The van der Waals surface area contributed by atoms with Gasteiger partial charge in [-0.15, -0.1) is 0 Å². The van der Waals surface area contributed by atoms with E-state index in [1.165, 1.54) is 13.8 Å². The van der Waals surface area contributed by atoms with Crippen molar-refractivity contribution in [1.29, 1.82) is 0 Å². The zero-order valence-corrected chi connectivity index (χ0v) is 17.0. The summed E-state index contributed by atoms with van der Waals surface area (Å²) in [5.74, 6) is -4.42. The first-order valence-electron chi connectivity index (χ1n) is 9.23. The number of carboxylic acid groups (broad SMARTS) is 1. The van der Waals surface area contributed by atoms with Gasteiger partial charge in [0.25, 0.3) is 0 Å². The number of hydrogen-bond acceptors (Lipinski definition) is 8. The summed E-state index contributed by atoms with van der Waals surface area (Å²) in [5, 5.41) is 44.0. The van der Waals surface area contributed by atoms with Gasteiger partial charge in [-0.1, -0.05) is 20.3 Å². The number of carbonyl (C=O) groups is 4. The quantitative estimate of drug-likeness (QED) is 0.158. The average Bonchev–Trinajstić information content (AvgIpc) is 2.65. The first-order valence-corrected chi connectivity index (χ1v) is 9.23. The van der Waals surface area contributed by atoms with Gasteiger partial charge in [-0.25, -0.2) is 4.79 Å². The van der Waals surface area contributed by atoms with Gasteiger partial charge in [0.05, 0.1) is 24.9 Å². The normalized spacial score (nSPS) is 18.3. The van der Waals surface area contributed by atoms with Crippen LogP contribution in [0.15, 0.2) is 0 Å². The van der Waals surface area contributed by atoms with Crippen molar-refractivity contribution in [3.63, 3.8) is 0 Å². The highest BCUT2D eigenvalue weighted by atomic mass is 16.4. The summed E-state index contributed by atoms with van der Waals surface area (Å²) in [7, 11) is 0. The smallest absolute Gasteiger partial charge is 0.328 e. The molecule has 7 unspecified atom stereocenters. The van der Waals surface area contributed by atoms with Gasteiger partial charge in [0, 0.05) is 0 Å². The van der Waals surface area contributed by atoms with E-state index in [-0.39, 0.29) is 5.92 Å². The molecular formula is C17H32N4O8. The molecule has 0 saturated heterocycles. The van der Waals surface area contributed by atoms with Crippen molar-refractivity contribution in [3.8, 4) is 0 Å². The number of aliphatic carboxylic acids is 1. The van der Waals surface area contributed by atoms with Crippen LogP contribution in [0.5, 0.6) is 0 Å². The molecule has 0 aromatic carbocycles. The highest BCUT2D eigenvalue weighted by molar-refractivity contribution is 5.94. The Labute approximate surface area is 168 Å². The van der Waals surface area contributed by atoms with Gasteiger partial charge in [-0.3, -0.25) is 14.4 Å². The molecule has 0 aromatic heterocycles. The SMILES string of the molecule is CCC(C)C(N)C(=O)NC(C(=O)NC(C(=O)NC(CO)C(=O)O)C(C)O)C(C)O. The summed E-state index contributed by atoms with van der Waals surface area (Å²) in [5.41, 5.74) is 5.81. The van der Waals surface area contributed by atoms with Crippen LogP contribution in [0.1, 0.15) is 34.1 Å². The third-order valence-electron chi connectivity index (χ3n) is 4.48. The van der Waals surface area contributed by atoms with Crippen molar-refractivity contribution < 1.29 is 39.6 Å². The molecule has 0 spiro atoms. The van der Waals surface area contributed by atoms with Gasteiger partial charge in [0.1, 0.15) is 18.1 Å². The Morgan fingerprint density at radius 1 is 0.862 bits per heavy atom. The lowest BCUT2D eigenvalue weighted by atomic mass is 9.98. The Hall–Kier alpha value is -2.28. The molecule has 0 bridgehead atoms. The summed E-state index contributed by atoms with van der Waals surface area (Å²) in [4.78, 5) is 47.9. The van der Waals surface area contributed by atoms with Crippen LogP contribution in [-0.2, 0) is 19.2 Å². The standard InChI is InChI=1S/C17H32N4O8/c1-5-7(2)11(18)14(25)20-13(9(4)24)16(27)21-12(8(3)23)15(26)19-10(6-22)17(28)29/h7-13,22-24H,5-6,18H2,1-4H3,(H,19,26)(H,20,25)(H,21,27)(H,28,29). The molecule has 0 aliphatic rings. The van der Waals surface area contributed by atoms with Crippen LogP contribution >= 0.6 is 0 Å². The average molecular weight is 420 g/mol. The molecule has 168 valence electrons. The van der Waals surface area contributed by atoms with Crippen molar-refractivity contribution in [2.24, 2.45) is 11.7 Å². The number of carboxylic acids is 1. The molecular weight excluding hydrogens is 388 g/mol. The largest absolute Gasteiger partial charge is 0.480 e. The summed E-state index contributed by atoms with van der Waals surface area (Å²) in [6.45, 7) is 5.09. The molecule has 0 radical (unpaired) electrons. The molecule has 0 aromatic rings. The van der Waals surface area contributed by atoms with Crippen LogP contribution in [-0.4, -0.2) is 87.1 Å². The van der Waals surface area contributed by atoms with Crippen molar-refractivity contribution >= 4 is 23.7 Å². The first-order chi connectivity index (χ1) is 13.4. The highest BCUT2D eigenvalue weighted by Crippen LogP contribution is 2.07. The lowest BCUT2D eigenvalue weighted by molar-refractivity contribution is -0.144. The fourth-order valence-corrected chi connectivity index (χ4v) is 2.26. The number of amides is 3. The summed E-state index contributed by atoms with van der Waals surface area (Å²) in [6, 6.07) is -5.63. The van der Waals surface area contributed by atoms with E-state index in [0.29, 0.717) is 6.42 Å². The molecule has 0 aliphatic heterocycles. The molecule has 0 fully saturated rings. The van der Waals surface area contributed by atoms with Gasteiger partial charge < -0.3 is 42.1 Å². The lowest BCUT2D eigenvalue weighted by Crippen LogP contribution is -2.62. The minimum Gasteiger partial charge on any atom is -0.480 e. The van der Waals surface area contributed by atoms with Gasteiger partial charge in [0.15, 0.2) is 0 Å². The van der Waals surface area contributed by atoms with Gasteiger partial charge in [0.2, 0.25) is 17.7 Å². The molecule has 9 N–H and O–H groups in total. The maximum Gasteiger partial charge on any atom is 0.328 e. The summed E-state index contributed by atoms with van der Waals surface area (Å²) >= 11 is 0. The molecule has 7 atom stereocenters. The second-order valence-corrected chi connectivity index (χ2v) is 6.95. The fraction of sp³-hybridized carbons (Fsp3) is 0.765. The number of nitrogens with two attached hydrogens (primary N) is 1. The topological polar surface area (TPSA) is 211 Å². The predicted molar refractivity (Wildman–Crippen MR) is 101 cm³/mol. The van der Waals surface area contributed by atoms with Gasteiger partial charge >= 0.3 is 5.97 Å². The minimum atomic E-state index is -1.64. The van der Waals surface area contributed by atoms with Crippen molar-refractivity contribution in [3.05, 3.63) is 0 Å². The van der Waals surface area contributed by atoms with Crippen LogP contribution < -0.4 is 21.7 Å². The minimum absolute atomic E-state index is 0.185. The summed E-state index contributed by atoms with van der Waals surface area (Å²) in [6.07, 6.45) is -2.19. The first kappa shape index (κ1) is 26.7. The Bertz CT molecular complexity index is 584. The molecule has 0 aliphatic carbocycles. The van der Waals surface area contributed by atoms with Gasteiger partial charge in [-0.2, -0.15) is 0 Å². The maximum absolute atomic E-state index is 12.5. The second kappa shape index (κ2) is 12.3. The highest BCUT2D eigenvalue weighted by Gasteiger charge is 2.34. The Morgan fingerprint density at radius 3 is 1.62 bits per heavy atom. The molecule has 29 heavy (non-hydrogen) atoms. The van der Waals surface area contributed by atoms with Crippen molar-refractivity contribution in [2.45, 2.75) is 70.5 Å². The van der Waals surface area contributed by atoms with E-state index >= 15 is 0 Å². The fourth-order valence-electron chi connectivity index (χ4n) is 2.26. The van der Waals surface area contributed by atoms with Crippen molar-refractivity contribution in [1.82, 2.24) is 16.0 Å². The molecule has 0 heterocycles. The second-order valence-electron chi connectivity index (χ2n) is 6.95. The van der Waals surface area contributed by atoms with E-state index in [1.807, 2.05) is 12.2 Å². The molecule has 3 amide bonds. The van der Waals surface area contributed by atoms with Crippen LogP contribution in [0, 0.1) is 5.92 Å². The number of nitrogens with one attached hydrogen (secondary N) is 3. The van der Waals surface area contributed by atoms with Crippen LogP contribution in [0.2, 0.25) is 0 Å². The van der Waals surface area contributed by atoms with E-state index in [2.05, 4.69) is 10.6 Å². The van der Waals surface area contributed by atoms with Crippen LogP contribution in [0.4, 0.5) is 0 Å².